The van der Waals surface area contributed by atoms with Crippen molar-refractivity contribution in [1.29, 1.82) is 0 Å². The monoisotopic (exact) mass is 698 g/mol. The van der Waals surface area contributed by atoms with E-state index in [0.29, 0.717) is 25.4 Å². The van der Waals surface area contributed by atoms with Crippen molar-refractivity contribution in [2.45, 2.75) is 188 Å². The van der Waals surface area contributed by atoms with Crippen LogP contribution in [0.15, 0.2) is 0 Å². The van der Waals surface area contributed by atoms with Gasteiger partial charge in [-0.2, -0.15) is 0 Å². The highest BCUT2D eigenvalue weighted by Crippen LogP contribution is 2.16. The van der Waals surface area contributed by atoms with Crippen LogP contribution in [-0.4, -0.2) is 79.8 Å². The number of nitrogens with zero attached hydrogens (tertiary/aromatic N) is 2. The van der Waals surface area contributed by atoms with Gasteiger partial charge in [0, 0.05) is 33.5 Å². The molecule has 7 nitrogen and oxygen atoms in total. The summed E-state index contributed by atoms with van der Waals surface area (Å²) in [6, 6.07) is 0. The summed E-state index contributed by atoms with van der Waals surface area (Å²) in [6.07, 6.45) is 26.3. The van der Waals surface area contributed by atoms with Gasteiger partial charge in [-0.1, -0.05) is 111 Å². The molecule has 0 fully saturated rings. The summed E-state index contributed by atoms with van der Waals surface area (Å²) in [5.74, 6) is 0.441. The zero-order valence-electron chi connectivity index (χ0n) is 32.6. The van der Waals surface area contributed by atoms with E-state index in [-0.39, 0.29) is 18.0 Å². The number of nitrogens with one attached hydrogen (secondary N) is 1. The molecule has 0 heterocycles. The summed E-state index contributed by atoms with van der Waals surface area (Å²) in [4.78, 5) is 29.1. The van der Waals surface area contributed by atoms with Gasteiger partial charge in [-0.05, 0) is 95.6 Å². The van der Waals surface area contributed by atoms with Gasteiger partial charge >= 0.3 is 11.9 Å². The van der Waals surface area contributed by atoms with E-state index in [1.807, 2.05) is 19.0 Å². The van der Waals surface area contributed by atoms with Crippen LogP contribution in [0.5, 0.6) is 0 Å². The van der Waals surface area contributed by atoms with Crippen LogP contribution in [0.4, 0.5) is 0 Å². The van der Waals surface area contributed by atoms with E-state index in [9.17, 15) is 9.59 Å². The van der Waals surface area contributed by atoms with Crippen molar-refractivity contribution in [2.24, 2.45) is 5.92 Å². The van der Waals surface area contributed by atoms with Crippen LogP contribution in [0.2, 0.25) is 0 Å². The minimum absolute atomic E-state index is 0.00358. The van der Waals surface area contributed by atoms with E-state index >= 15 is 0 Å². The minimum Gasteiger partial charge on any atom is -0.465 e. The first-order valence-corrected chi connectivity index (χ1v) is 20.7. The third-order valence-electron chi connectivity index (χ3n) is 9.18. The standard InChI is InChI=1S/C40H79N3O4S/c1-7-10-19-26-36(4)35-46-38(44)29-21-15-13-17-23-32-43(34-25-31-41-40(48)42(5)6)33-24-18-14-16-22-30-39(45)47-37(27-12-9-3)28-20-11-8-2/h36-37H,7-35H2,1-6H3,(H,41,48). The van der Waals surface area contributed by atoms with E-state index in [0.717, 1.165) is 102 Å². The second-order valence-corrected chi connectivity index (χ2v) is 14.8. The maximum absolute atomic E-state index is 12.5. The second kappa shape index (κ2) is 34.1. The summed E-state index contributed by atoms with van der Waals surface area (Å²) in [6.45, 7) is 13.6. The Morgan fingerprint density at radius 2 is 1.12 bits per heavy atom. The Bertz CT molecular complexity index is 767. The lowest BCUT2D eigenvalue weighted by Gasteiger charge is -2.23. The van der Waals surface area contributed by atoms with Crippen LogP contribution in [0.25, 0.3) is 0 Å². The van der Waals surface area contributed by atoms with Crippen molar-refractivity contribution in [3.63, 3.8) is 0 Å². The first-order chi connectivity index (χ1) is 23.2. The van der Waals surface area contributed by atoms with Crippen LogP contribution in [-0.2, 0) is 19.1 Å². The van der Waals surface area contributed by atoms with Crippen LogP contribution >= 0.6 is 12.2 Å². The molecule has 0 aromatic carbocycles. The highest BCUT2D eigenvalue weighted by atomic mass is 32.1. The summed E-state index contributed by atoms with van der Waals surface area (Å²) in [7, 11) is 3.95. The number of ether oxygens (including phenoxy) is 2. The lowest BCUT2D eigenvalue weighted by molar-refractivity contribution is -0.150. The molecule has 0 radical (unpaired) electrons. The van der Waals surface area contributed by atoms with E-state index in [2.05, 4.69) is 37.9 Å². The largest absolute Gasteiger partial charge is 0.465 e. The Balaban J connectivity index is 4.26. The van der Waals surface area contributed by atoms with Crippen LogP contribution < -0.4 is 5.32 Å². The molecule has 0 aliphatic carbocycles. The predicted molar refractivity (Wildman–Crippen MR) is 209 cm³/mol. The van der Waals surface area contributed by atoms with Crippen molar-refractivity contribution in [3.8, 4) is 0 Å². The molecule has 0 amide bonds. The van der Waals surface area contributed by atoms with Crippen molar-refractivity contribution >= 4 is 29.3 Å². The molecule has 0 aliphatic rings. The van der Waals surface area contributed by atoms with Crippen molar-refractivity contribution in [1.82, 2.24) is 15.1 Å². The van der Waals surface area contributed by atoms with Gasteiger partial charge in [0.05, 0.1) is 6.61 Å². The molecule has 0 spiro atoms. The van der Waals surface area contributed by atoms with Crippen molar-refractivity contribution in [3.05, 3.63) is 0 Å². The van der Waals surface area contributed by atoms with Crippen molar-refractivity contribution < 1.29 is 19.1 Å². The fourth-order valence-corrected chi connectivity index (χ4v) is 6.06. The molecule has 0 aromatic rings. The Hall–Kier alpha value is -1.41. The number of unbranched alkanes of at least 4 members (excludes halogenated alkanes) is 13. The zero-order valence-corrected chi connectivity index (χ0v) is 33.4. The van der Waals surface area contributed by atoms with E-state index in [1.54, 1.807) is 0 Å². The molecule has 0 aromatic heterocycles. The predicted octanol–water partition coefficient (Wildman–Crippen LogP) is 10.2. The van der Waals surface area contributed by atoms with Crippen LogP contribution in [0.1, 0.15) is 182 Å². The highest BCUT2D eigenvalue weighted by Gasteiger charge is 2.14. The van der Waals surface area contributed by atoms with Gasteiger partial charge in [0.2, 0.25) is 0 Å². The fraction of sp³-hybridized carbons (Fsp3) is 0.925. The number of thiocarbonyl (C=S) groups is 1. The van der Waals surface area contributed by atoms with Crippen LogP contribution in [0, 0.1) is 5.92 Å². The average molecular weight is 698 g/mol. The number of hydrogen-bond acceptors (Lipinski definition) is 6. The van der Waals surface area contributed by atoms with E-state index in [1.165, 1.54) is 70.6 Å². The van der Waals surface area contributed by atoms with Gasteiger partial charge < -0.3 is 24.6 Å². The Morgan fingerprint density at radius 3 is 1.71 bits per heavy atom. The molecule has 1 N–H and O–H groups in total. The molecule has 0 saturated heterocycles. The van der Waals surface area contributed by atoms with Crippen LogP contribution in [0.3, 0.4) is 0 Å². The average Bonchev–Trinajstić information content (AvgIpc) is 3.06. The lowest BCUT2D eigenvalue weighted by atomic mass is 10.0. The number of carbonyl (C=O) groups excluding carboxylic acids is 2. The third-order valence-corrected chi connectivity index (χ3v) is 9.69. The van der Waals surface area contributed by atoms with Crippen molar-refractivity contribution in [2.75, 3.05) is 46.9 Å². The molecule has 2 atom stereocenters. The minimum atomic E-state index is -0.0281. The molecule has 0 bridgehead atoms. The fourth-order valence-electron chi connectivity index (χ4n) is 5.96. The molecule has 8 heteroatoms. The third kappa shape index (κ3) is 30.6. The lowest BCUT2D eigenvalue weighted by Crippen LogP contribution is -2.36. The van der Waals surface area contributed by atoms with Gasteiger partial charge in [0.25, 0.3) is 0 Å². The maximum atomic E-state index is 12.5. The van der Waals surface area contributed by atoms with Gasteiger partial charge in [-0.15, -0.1) is 0 Å². The summed E-state index contributed by atoms with van der Waals surface area (Å²) < 4.78 is 11.4. The summed E-state index contributed by atoms with van der Waals surface area (Å²) in [5, 5.41) is 4.15. The normalized spacial score (nSPS) is 12.6. The number of carbonyl (C=O) groups is 2. The van der Waals surface area contributed by atoms with Gasteiger partial charge in [-0.3, -0.25) is 9.59 Å². The van der Waals surface area contributed by atoms with Gasteiger partial charge in [-0.25, -0.2) is 0 Å². The molecular weight excluding hydrogens is 619 g/mol. The van der Waals surface area contributed by atoms with Gasteiger partial charge in [0.15, 0.2) is 5.11 Å². The maximum Gasteiger partial charge on any atom is 0.306 e. The summed E-state index contributed by atoms with van der Waals surface area (Å²) >= 11 is 5.38. The molecule has 2 unspecified atom stereocenters. The quantitative estimate of drug-likeness (QED) is 0.0405. The molecule has 48 heavy (non-hydrogen) atoms. The molecule has 0 rings (SSSR count). The topological polar surface area (TPSA) is 71.1 Å². The Kier molecular flexibility index (Phi) is 33.1. The second-order valence-electron chi connectivity index (χ2n) is 14.4. The highest BCUT2D eigenvalue weighted by molar-refractivity contribution is 7.80. The first-order valence-electron chi connectivity index (χ1n) is 20.3. The van der Waals surface area contributed by atoms with Gasteiger partial charge in [0.1, 0.15) is 6.10 Å². The van der Waals surface area contributed by atoms with E-state index in [4.69, 9.17) is 21.7 Å². The summed E-state index contributed by atoms with van der Waals surface area (Å²) in [5.41, 5.74) is 0. The molecule has 0 aliphatic heterocycles. The first kappa shape index (κ1) is 46.6. The molecule has 0 saturated carbocycles. The SMILES string of the molecule is CCCCCC(C)COC(=O)CCCCCCCN(CCCCCCCC(=O)OC(CCCC)CCCCC)CCCNC(=S)N(C)C. The number of hydrogen-bond donors (Lipinski definition) is 1. The smallest absolute Gasteiger partial charge is 0.306 e. The zero-order chi connectivity index (χ0) is 35.7. The number of esters is 2. The Morgan fingerprint density at radius 1 is 0.625 bits per heavy atom. The Labute approximate surface area is 303 Å². The van der Waals surface area contributed by atoms with E-state index < -0.39 is 0 Å². The number of rotatable bonds is 34. The molecular formula is C40H79N3O4S. The molecule has 284 valence electrons.